The average Bonchev–Trinajstić information content (AvgIpc) is 3.10. The first-order chi connectivity index (χ1) is 12.2. The van der Waals surface area contributed by atoms with E-state index >= 15 is 0 Å². The third-order valence-corrected chi connectivity index (χ3v) is 4.19. The van der Waals surface area contributed by atoms with Crippen molar-refractivity contribution in [3.05, 3.63) is 95.9 Å². The summed E-state index contributed by atoms with van der Waals surface area (Å²) in [4.78, 5) is 17.2. The van der Waals surface area contributed by atoms with E-state index < -0.39 is 0 Å². The van der Waals surface area contributed by atoms with Gasteiger partial charge in [0.05, 0.1) is 11.2 Å². The Kier molecular flexibility index (Phi) is 3.78. The van der Waals surface area contributed by atoms with Gasteiger partial charge in [0.1, 0.15) is 5.75 Å². The molecule has 0 fully saturated rings. The number of pyridine rings is 1. The van der Waals surface area contributed by atoms with Crippen LogP contribution in [-0.2, 0) is 6.54 Å². The molecule has 4 nitrogen and oxygen atoms in total. The minimum Gasteiger partial charge on any atom is -0.508 e. The van der Waals surface area contributed by atoms with Crippen molar-refractivity contribution in [3.8, 4) is 5.75 Å². The van der Waals surface area contributed by atoms with Gasteiger partial charge in [-0.2, -0.15) is 0 Å². The second kappa shape index (κ2) is 6.24. The van der Waals surface area contributed by atoms with Gasteiger partial charge in [0.25, 0.3) is 0 Å². The summed E-state index contributed by atoms with van der Waals surface area (Å²) in [6.07, 6.45) is 3.74. The van der Waals surface area contributed by atoms with E-state index in [0.29, 0.717) is 17.8 Å². The Bertz CT molecular complexity index is 1050. The maximum absolute atomic E-state index is 12.7. The largest absolute Gasteiger partial charge is 0.508 e. The van der Waals surface area contributed by atoms with Crippen LogP contribution in [-0.4, -0.2) is 20.4 Å². The van der Waals surface area contributed by atoms with Gasteiger partial charge in [-0.3, -0.25) is 9.78 Å². The standard InChI is InChI=1S/C21H16N2O2/c24-18-9-7-16(8-10-18)21(25)20-6-3-11-23(20)14-15-12-17-4-1-2-5-19(17)22-13-15/h1-13,24H,14H2. The van der Waals surface area contributed by atoms with E-state index in [1.807, 2.05) is 53.4 Å². The summed E-state index contributed by atoms with van der Waals surface area (Å²) in [7, 11) is 0. The molecule has 0 radical (unpaired) electrons. The van der Waals surface area contributed by atoms with E-state index in [9.17, 15) is 9.90 Å². The van der Waals surface area contributed by atoms with Crippen molar-refractivity contribution >= 4 is 16.7 Å². The number of phenolic OH excluding ortho intramolecular Hbond substituents is 1. The van der Waals surface area contributed by atoms with Crippen LogP contribution in [0.2, 0.25) is 0 Å². The zero-order valence-electron chi connectivity index (χ0n) is 13.5. The van der Waals surface area contributed by atoms with Crippen molar-refractivity contribution in [2.75, 3.05) is 0 Å². The van der Waals surface area contributed by atoms with E-state index in [1.54, 1.807) is 12.1 Å². The van der Waals surface area contributed by atoms with Crippen LogP contribution in [0.1, 0.15) is 21.6 Å². The minimum absolute atomic E-state index is 0.0706. The number of aromatic hydroxyl groups is 1. The van der Waals surface area contributed by atoms with Gasteiger partial charge in [0, 0.05) is 29.9 Å². The number of ketones is 1. The zero-order valence-corrected chi connectivity index (χ0v) is 13.5. The highest BCUT2D eigenvalue weighted by molar-refractivity contribution is 6.08. The molecule has 4 rings (SSSR count). The lowest BCUT2D eigenvalue weighted by atomic mass is 10.1. The summed E-state index contributed by atoms with van der Waals surface area (Å²) >= 11 is 0. The molecule has 122 valence electrons. The highest BCUT2D eigenvalue weighted by Crippen LogP contribution is 2.17. The molecule has 4 aromatic rings. The van der Waals surface area contributed by atoms with Crippen LogP contribution in [0.25, 0.3) is 10.9 Å². The molecule has 0 unspecified atom stereocenters. The van der Waals surface area contributed by atoms with E-state index in [0.717, 1.165) is 16.5 Å². The summed E-state index contributed by atoms with van der Waals surface area (Å²) in [6.45, 7) is 0.573. The van der Waals surface area contributed by atoms with Crippen LogP contribution in [0.3, 0.4) is 0 Å². The van der Waals surface area contributed by atoms with Gasteiger partial charge in [-0.15, -0.1) is 0 Å². The van der Waals surface area contributed by atoms with E-state index in [2.05, 4.69) is 11.1 Å². The molecular weight excluding hydrogens is 312 g/mol. The van der Waals surface area contributed by atoms with Crippen LogP contribution in [0.4, 0.5) is 0 Å². The molecule has 0 amide bonds. The first kappa shape index (κ1) is 15.1. The van der Waals surface area contributed by atoms with Gasteiger partial charge in [0.15, 0.2) is 0 Å². The highest BCUT2D eigenvalue weighted by atomic mass is 16.3. The average molecular weight is 328 g/mol. The number of fused-ring (bicyclic) bond motifs is 1. The third kappa shape index (κ3) is 3.02. The third-order valence-electron chi connectivity index (χ3n) is 4.19. The minimum atomic E-state index is -0.0706. The summed E-state index contributed by atoms with van der Waals surface area (Å²) < 4.78 is 1.92. The fraction of sp³-hybridized carbons (Fsp3) is 0.0476. The quantitative estimate of drug-likeness (QED) is 0.576. The number of carbonyl (C=O) groups is 1. The van der Waals surface area contributed by atoms with Crippen molar-refractivity contribution in [3.63, 3.8) is 0 Å². The fourth-order valence-electron chi connectivity index (χ4n) is 2.92. The predicted molar refractivity (Wildman–Crippen MR) is 96.8 cm³/mol. The molecule has 4 heteroatoms. The first-order valence-corrected chi connectivity index (χ1v) is 8.03. The monoisotopic (exact) mass is 328 g/mol. The van der Waals surface area contributed by atoms with Crippen molar-refractivity contribution in [1.82, 2.24) is 9.55 Å². The zero-order chi connectivity index (χ0) is 17.2. The molecule has 25 heavy (non-hydrogen) atoms. The lowest BCUT2D eigenvalue weighted by Crippen LogP contribution is -2.10. The van der Waals surface area contributed by atoms with Crippen molar-refractivity contribution in [2.24, 2.45) is 0 Å². The molecule has 2 aromatic heterocycles. The van der Waals surface area contributed by atoms with Crippen molar-refractivity contribution < 1.29 is 9.90 Å². The van der Waals surface area contributed by atoms with Gasteiger partial charge in [-0.25, -0.2) is 0 Å². The van der Waals surface area contributed by atoms with Crippen LogP contribution < -0.4 is 0 Å². The van der Waals surface area contributed by atoms with Gasteiger partial charge >= 0.3 is 0 Å². The highest BCUT2D eigenvalue weighted by Gasteiger charge is 2.13. The van der Waals surface area contributed by atoms with Crippen LogP contribution in [0.5, 0.6) is 5.75 Å². The molecule has 0 atom stereocenters. The predicted octanol–water partition coefficient (Wildman–Crippen LogP) is 4.02. The van der Waals surface area contributed by atoms with Crippen LogP contribution in [0, 0.1) is 0 Å². The van der Waals surface area contributed by atoms with Gasteiger partial charge in [0.2, 0.25) is 5.78 Å². The molecule has 2 aromatic carbocycles. The molecule has 0 saturated heterocycles. The number of hydrogen-bond acceptors (Lipinski definition) is 3. The summed E-state index contributed by atoms with van der Waals surface area (Å²) in [5.74, 6) is 0.0768. The Morgan fingerprint density at radius 1 is 1.00 bits per heavy atom. The molecule has 2 heterocycles. The number of phenols is 1. The number of nitrogens with zero attached hydrogens (tertiary/aromatic N) is 2. The topological polar surface area (TPSA) is 55.1 Å². The summed E-state index contributed by atoms with van der Waals surface area (Å²) in [6, 6.07) is 20.0. The van der Waals surface area contributed by atoms with Crippen LogP contribution in [0.15, 0.2) is 79.1 Å². The Morgan fingerprint density at radius 2 is 1.80 bits per heavy atom. The molecular formula is C21H16N2O2. The SMILES string of the molecule is O=C(c1ccc(O)cc1)c1cccn1Cc1cnc2ccccc2c1. The molecule has 0 spiro atoms. The number of carbonyl (C=O) groups excluding carboxylic acids is 1. The number of benzene rings is 2. The molecule has 1 N–H and O–H groups in total. The van der Waals surface area contributed by atoms with Gasteiger partial charge in [-0.05, 0) is 54.1 Å². The van der Waals surface area contributed by atoms with Crippen molar-refractivity contribution in [2.45, 2.75) is 6.54 Å². The summed E-state index contributed by atoms with van der Waals surface area (Å²) in [5.41, 5.74) is 3.15. The van der Waals surface area contributed by atoms with Gasteiger partial charge < -0.3 is 9.67 Å². The van der Waals surface area contributed by atoms with Gasteiger partial charge in [-0.1, -0.05) is 18.2 Å². The van der Waals surface area contributed by atoms with E-state index in [4.69, 9.17) is 0 Å². The Hall–Kier alpha value is -3.40. The number of hydrogen-bond donors (Lipinski definition) is 1. The molecule has 0 aliphatic carbocycles. The summed E-state index contributed by atoms with van der Waals surface area (Å²) in [5, 5.41) is 10.5. The van der Waals surface area contributed by atoms with E-state index in [1.165, 1.54) is 12.1 Å². The Labute approximate surface area is 145 Å². The molecule has 0 bridgehead atoms. The maximum Gasteiger partial charge on any atom is 0.209 e. The fourth-order valence-corrected chi connectivity index (χ4v) is 2.92. The lowest BCUT2D eigenvalue weighted by molar-refractivity contribution is 0.103. The second-order valence-corrected chi connectivity index (χ2v) is 5.93. The van der Waals surface area contributed by atoms with Crippen LogP contribution >= 0.6 is 0 Å². The second-order valence-electron chi connectivity index (χ2n) is 5.93. The smallest absolute Gasteiger partial charge is 0.209 e. The van der Waals surface area contributed by atoms with E-state index in [-0.39, 0.29) is 11.5 Å². The molecule has 0 saturated carbocycles. The first-order valence-electron chi connectivity index (χ1n) is 8.03. The number of para-hydroxylation sites is 1. The lowest BCUT2D eigenvalue weighted by Gasteiger charge is -2.09. The number of rotatable bonds is 4. The number of aromatic nitrogens is 2. The van der Waals surface area contributed by atoms with Crippen molar-refractivity contribution in [1.29, 1.82) is 0 Å². The molecule has 0 aliphatic rings. The molecule has 0 aliphatic heterocycles. The normalized spacial score (nSPS) is 10.9. The Morgan fingerprint density at radius 3 is 2.64 bits per heavy atom. The Balaban J connectivity index is 1.64. The maximum atomic E-state index is 12.7.